The summed E-state index contributed by atoms with van der Waals surface area (Å²) in [4.78, 5) is 34.7. The summed E-state index contributed by atoms with van der Waals surface area (Å²) in [5.41, 5.74) is 0.283. The van der Waals surface area contributed by atoms with Gasteiger partial charge in [-0.1, -0.05) is 24.6 Å². The van der Waals surface area contributed by atoms with E-state index >= 15 is 0 Å². The number of thioether (sulfide) groups is 1. The summed E-state index contributed by atoms with van der Waals surface area (Å²) in [6, 6.07) is 0.155. The number of aromatic nitrogens is 2. The Kier molecular flexibility index (Phi) is 6.84. The monoisotopic (exact) mass is 353 g/mol. The van der Waals surface area contributed by atoms with Gasteiger partial charge in [0.05, 0.1) is 13.7 Å². The Hall–Kier alpha value is -1.83. The first kappa shape index (κ1) is 18.5. The van der Waals surface area contributed by atoms with Gasteiger partial charge in [-0.05, 0) is 26.0 Å². The van der Waals surface area contributed by atoms with Gasteiger partial charge in [0.15, 0.2) is 5.16 Å². The Morgan fingerprint density at radius 2 is 2.08 bits per heavy atom. The highest BCUT2D eigenvalue weighted by atomic mass is 32.2. The van der Waals surface area contributed by atoms with E-state index in [9.17, 15) is 9.59 Å². The molecular weight excluding hydrogens is 330 g/mol. The molecule has 1 aromatic rings. The Morgan fingerprint density at radius 1 is 1.38 bits per heavy atom. The van der Waals surface area contributed by atoms with Crippen molar-refractivity contribution in [2.24, 2.45) is 0 Å². The maximum atomic E-state index is 12.3. The normalized spacial score (nSPS) is 14.5. The summed E-state index contributed by atoms with van der Waals surface area (Å²) in [7, 11) is 1.36. The zero-order valence-electron chi connectivity index (χ0n) is 14.3. The molecule has 1 aliphatic rings. The molecule has 2 rings (SSSR count). The van der Waals surface area contributed by atoms with Gasteiger partial charge < -0.3 is 14.4 Å². The van der Waals surface area contributed by atoms with Crippen molar-refractivity contribution in [3.05, 3.63) is 11.8 Å². The first-order valence-corrected chi connectivity index (χ1v) is 9.24. The number of hydrogen-bond donors (Lipinski definition) is 0. The smallest absolute Gasteiger partial charge is 0.343 e. The lowest BCUT2D eigenvalue weighted by Gasteiger charge is -2.30. The minimum Gasteiger partial charge on any atom is -0.468 e. The van der Waals surface area contributed by atoms with Crippen LogP contribution in [0.15, 0.2) is 11.4 Å². The van der Waals surface area contributed by atoms with E-state index in [0.717, 1.165) is 25.7 Å². The summed E-state index contributed by atoms with van der Waals surface area (Å²) in [5.74, 6) is -0.390. The van der Waals surface area contributed by atoms with Crippen LogP contribution >= 0.6 is 11.8 Å². The molecule has 0 unspecified atom stereocenters. The average Bonchev–Trinajstić information content (AvgIpc) is 3.13. The number of esters is 2. The van der Waals surface area contributed by atoms with E-state index in [1.165, 1.54) is 25.1 Å². The first-order chi connectivity index (χ1) is 11.6. The van der Waals surface area contributed by atoms with E-state index in [0.29, 0.717) is 11.0 Å². The lowest BCUT2D eigenvalue weighted by Crippen LogP contribution is -2.40. The first-order valence-electron chi connectivity index (χ1n) is 8.02. The molecule has 1 aliphatic carbocycles. The third-order valence-electron chi connectivity index (χ3n) is 3.99. The van der Waals surface area contributed by atoms with E-state index in [1.807, 2.05) is 11.2 Å². The summed E-state index contributed by atoms with van der Waals surface area (Å²) in [5, 5.41) is 0.547. The van der Waals surface area contributed by atoms with Gasteiger partial charge >= 0.3 is 11.9 Å². The number of hydrogen-bond acceptors (Lipinski definition) is 8. The predicted octanol–water partition coefficient (Wildman–Crippen LogP) is 2.30. The highest BCUT2D eigenvalue weighted by molar-refractivity contribution is 7.98. The van der Waals surface area contributed by atoms with Gasteiger partial charge in [-0.2, -0.15) is 0 Å². The molecule has 0 N–H and O–H groups in total. The molecule has 132 valence electrons. The number of carbonyl (C=O) groups is 2. The van der Waals surface area contributed by atoms with Crippen LogP contribution in [0.1, 0.15) is 43.0 Å². The van der Waals surface area contributed by atoms with Gasteiger partial charge in [0, 0.05) is 12.2 Å². The van der Waals surface area contributed by atoms with Crippen LogP contribution in [0, 0.1) is 0 Å². The Labute approximate surface area is 146 Å². The van der Waals surface area contributed by atoms with Crippen LogP contribution in [0.5, 0.6) is 0 Å². The average molecular weight is 353 g/mol. The lowest BCUT2D eigenvalue weighted by atomic mass is 10.2. The van der Waals surface area contributed by atoms with E-state index in [2.05, 4.69) is 9.97 Å². The zero-order valence-corrected chi connectivity index (χ0v) is 15.1. The fourth-order valence-electron chi connectivity index (χ4n) is 2.82. The fraction of sp³-hybridized carbons (Fsp3) is 0.625. The molecule has 0 atom stereocenters. The van der Waals surface area contributed by atoms with Crippen LogP contribution in [0.3, 0.4) is 0 Å². The SMILES string of the molecule is CCOC(=O)c1cnc(SC)nc1N(CC(=O)OC)C1CCCC1. The summed E-state index contributed by atoms with van der Waals surface area (Å²) >= 11 is 1.38. The van der Waals surface area contributed by atoms with Crippen LogP contribution in [-0.2, 0) is 14.3 Å². The standard InChI is InChI=1S/C16H23N3O4S/c1-4-23-15(21)12-9-17-16(24-3)18-14(12)19(10-13(20)22-2)11-7-5-6-8-11/h9,11H,4-8,10H2,1-3H3. The minimum absolute atomic E-state index is 0.0540. The maximum Gasteiger partial charge on any atom is 0.343 e. The fourth-order valence-corrected chi connectivity index (χ4v) is 3.16. The maximum absolute atomic E-state index is 12.3. The van der Waals surface area contributed by atoms with Crippen LogP contribution in [-0.4, -0.2) is 54.5 Å². The molecular formula is C16H23N3O4S. The van der Waals surface area contributed by atoms with Crippen molar-refractivity contribution < 1.29 is 19.1 Å². The number of carbonyl (C=O) groups excluding carboxylic acids is 2. The summed E-state index contributed by atoms with van der Waals surface area (Å²) in [6.45, 7) is 2.07. The Balaban J connectivity index is 2.44. The van der Waals surface area contributed by atoms with Gasteiger partial charge in [-0.15, -0.1) is 0 Å². The Bertz CT molecular complexity index is 591. The molecule has 24 heavy (non-hydrogen) atoms. The van der Waals surface area contributed by atoms with Gasteiger partial charge in [0.2, 0.25) is 0 Å². The van der Waals surface area contributed by atoms with Gasteiger partial charge in [-0.3, -0.25) is 4.79 Å². The Morgan fingerprint density at radius 3 is 2.67 bits per heavy atom. The van der Waals surface area contributed by atoms with Crippen molar-refractivity contribution in [1.29, 1.82) is 0 Å². The number of rotatable bonds is 7. The molecule has 1 saturated carbocycles. The van der Waals surface area contributed by atoms with Crippen molar-refractivity contribution in [2.75, 3.05) is 31.4 Å². The van der Waals surface area contributed by atoms with Crippen molar-refractivity contribution in [2.45, 2.75) is 43.8 Å². The molecule has 8 heteroatoms. The molecule has 0 aliphatic heterocycles. The van der Waals surface area contributed by atoms with Crippen molar-refractivity contribution >= 4 is 29.5 Å². The molecule has 0 amide bonds. The van der Waals surface area contributed by atoms with E-state index < -0.39 is 5.97 Å². The van der Waals surface area contributed by atoms with Gasteiger partial charge in [0.25, 0.3) is 0 Å². The quantitative estimate of drug-likeness (QED) is 0.419. The molecule has 1 heterocycles. The number of methoxy groups -OCH3 is 1. The third kappa shape index (κ3) is 4.37. The van der Waals surface area contributed by atoms with Crippen LogP contribution < -0.4 is 4.90 Å². The topological polar surface area (TPSA) is 81.6 Å². The molecule has 0 radical (unpaired) electrons. The molecule has 0 aromatic carbocycles. The molecule has 0 bridgehead atoms. The summed E-state index contributed by atoms with van der Waals surface area (Å²) in [6.07, 6.45) is 7.44. The van der Waals surface area contributed by atoms with Crippen LogP contribution in [0.25, 0.3) is 0 Å². The van der Waals surface area contributed by atoms with Crippen LogP contribution in [0.4, 0.5) is 5.82 Å². The second-order valence-corrected chi connectivity index (χ2v) is 6.23. The highest BCUT2D eigenvalue weighted by Crippen LogP contribution is 2.30. The van der Waals surface area contributed by atoms with Crippen molar-refractivity contribution in [3.63, 3.8) is 0 Å². The van der Waals surface area contributed by atoms with E-state index in [1.54, 1.807) is 6.92 Å². The second kappa shape index (κ2) is 8.86. The molecule has 0 saturated heterocycles. The van der Waals surface area contributed by atoms with Gasteiger partial charge in [0.1, 0.15) is 17.9 Å². The van der Waals surface area contributed by atoms with Crippen molar-refractivity contribution in [3.8, 4) is 0 Å². The van der Waals surface area contributed by atoms with Crippen LogP contribution in [0.2, 0.25) is 0 Å². The van der Waals surface area contributed by atoms with Crippen molar-refractivity contribution in [1.82, 2.24) is 9.97 Å². The molecule has 7 nitrogen and oxygen atoms in total. The minimum atomic E-state index is -0.479. The zero-order chi connectivity index (χ0) is 17.5. The van der Waals surface area contributed by atoms with E-state index in [-0.39, 0.29) is 30.7 Å². The predicted molar refractivity (Wildman–Crippen MR) is 91.4 cm³/mol. The highest BCUT2D eigenvalue weighted by Gasteiger charge is 2.30. The number of nitrogens with zero attached hydrogens (tertiary/aromatic N) is 3. The van der Waals surface area contributed by atoms with Gasteiger partial charge in [-0.25, -0.2) is 14.8 Å². The summed E-state index contributed by atoms with van der Waals surface area (Å²) < 4.78 is 9.94. The lowest BCUT2D eigenvalue weighted by molar-refractivity contribution is -0.139. The third-order valence-corrected chi connectivity index (χ3v) is 4.55. The molecule has 0 spiro atoms. The number of ether oxygens (including phenoxy) is 2. The number of anilines is 1. The molecule has 1 fully saturated rings. The molecule has 1 aromatic heterocycles. The van der Waals surface area contributed by atoms with E-state index in [4.69, 9.17) is 9.47 Å². The largest absolute Gasteiger partial charge is 0.468 e. The second-order valence-electron chi connectivity index (χ2n) is 5.46.